The second-order valence-corrected chi connectivity index (χ2v) is 11.8. The van der Waals surface area contributed by atoms with E-state index in [4.69, 9.17) is 14.5 Å². The largest absolute Gasteiger partial charge is 0.598 e. The predicted octanol–water partition coefficient (Wildman–Crippen LogP) is 4.21. The summed E-state index contributed by atoms with van der Waals surface area (Å²) in [6.07, 6.45) is 2.01. The van der Waals surface area contributed by atoms with E-state index < -0.39 is 11.4 Å². The monoisotopic (exact) mass is 486 g/mol. The minimum Gasteiger partial charge on any atom is -0.598 e. The third-order valence-electron chi connectivity index (χ3n) is 5.70. The van der Waals surface area contributed by atoms with Crippen LogP contribution < -0.4 is 14.2 Å². The highest BCUT2D eigenvalue weighted by Crippen LogP contribution is 2.40. The molecule has 2 aromatic heterocycles. The van der Waals surface area contributed by atoms with Gasteiger partial charge in [0.1, 0.15) is 40.2 Å². The van der Waals surface area contributed by atoms with Gasteiger partial charge in [0.05, 0.1) is 25.3 Å². The molecule has 0 spiro atoms. The fraction of sp³-hybridized carbons (Fsp3) is 0.542. The van der Waals surface area contributed by atoms with E-state index >= 15 is 0 Å². The molecule has 0 radical (unpaired) electrons. The maximum atomic E-state index is 12.7. The van der Waals surface area contributed by atoms with Crippen molar-refractivity contribution in [2.45, 2.75) is 71.8 Å². The lowest BCUT2D eigenvalue weighted by Crippen LogP contribution is -2.40. The molecule has 0 aliphatic carbocycles. The molecule has 4 rings (SSSR count). The van der Waals surface area contributed by atoms with Crippen LogP contribution in [0.4, 0.5) is 0 Å². The number of benzene rings is 1. The van der Waals surface area contributed by atoms with Gasteiger partial charge in [-0.3, -0.25) is 0 Å². The van der Waals surface area contributed by atoms with Crippen molar-refractivity contribution < 1.29 is 14.0 Å². The molecular formula is C24H34N6O3S. The second-order valence-electron chi connectivity index (χ2n) is 9.82. The van der Waals surface area contributed by atoms with Gasteiger partial charge in [0.2, 0.25) is 0 Å². The van der Waals surface area contributed by atoms with Crippen LogP contribution in [-0.2, 0) is 17.9 Å². The van der Waals surface area contributed by atoms with Gasteiger partial charge in [-0.2, -0.15) is 5.10 Å². The number of aromatic nitrogens is 5. The lowest BCUT2D eigenvalue weighted by Gasteiger charge is -2.27. The molecule has 0 saturated carbocycles. The molecule has 1 aliphatic rings. The summed E-state index contributed by atoms with van der Waals surface area (Å²) < 4.78 is 31.3. The lowest BCUT2D eigenvalue weighted by atomic mass is 10.0. The van der Waals surface area contributed by atoms with Crippen molar-refractivity contribution in [3.05, 3.63) is 29.7 Å². The van der Waals surface area contributed by atoms with Crippen molar-refractivity contribution in [1.82, 2.24) is 29.0 Å². The van der Waals surface area contributed by atoms with Crippen molar-refractivity contribution in [1.29, 1.82) is 0 Å². The Kier molecular flexibility index (Phi) is 6.67. The minimum atomic E-state index is -1.23. The average molecular weight is 487 g/mol. The van der Waals surface area contributed by atoms with Crippen LogP contribution in [0.25, 0.3) is 22.9 Å². The lowest BCUT2D eigenvalue weighted by molar-refractivity contribution is 0.304. The first kappa shape index (κ1) is 24.6. The van der Waals surface area contributed by atoms with Crippen LogP contribution in [-0.4, -0.2) is 47.3 Å². The smallest absolute Gasteiger partial charge is 0.178 e. The number of hydrogen-bond acceptors (Lipinski definition) is 7. The van der Waals surface area contributed by atoms with Gasteiger partial charge in [0, 0.05) is 35.2 Å². The molecule has 3 aromatic rings. The van der Waals surface area contributed by atoms with Gasteiger partial charge in [-0.25, -0.2) is 14.6 Å². The fourth-order valence-electron chi connectivity index (χ4n) is 3.92. The van der Waals surface area contributed by atoms with Crippen molar-refractivity contribution in [3.8, 4) is 34.4 Å². The number of nitrogens with one attached hydrogen (secondary N) is 1. The third kappa shape index (κ3) is 4.67. The number of fused-ring (bicyclic) bond motifs is 3. The molecule has 184 valence electrons. The van der Waals surface area contributed by atoms with Gasteiger partial charge in [-0.05, 0) is 54.5 Å². The minimum absolute atomic E-state index is 0.166. The topological polar surface area (TPSA) is 102 Å². The van der Waals surface area contributed by atoms with Crippen LogP contribution in [0.3, 0.4) is 0 Å². The highest BCUT2D eigenvalue weighted by atomic mass is 32.2. The van der Waals surface area contributed by atoms with E-state index in [1.807, 2.05) is 57.6 Å². The van der Waals surface area contributed by atoms with E-state index in [1.54, 1.807) is 7.11 Å². The summed E-state index contributed by atoms with van der Waals surface area (Å²) >= 11 is -1.23. The van der Waals surface area contributed by atoms with Crippen molar-refractivity contribution in [2.24, 2.45) is 0 Å². The molecule has 0 saturated heterocycles. The van der Waals surface area contributed by atoms with E-state index in [-0.39, 0.29) is 16.8 Å². The SMILES string of the molecule is COc1cc2c(cc1[C@H](C)N[S+]([O-])C(C)(C)C)-c1nc(-c3nc(C)nn3C(C)C)cn1CCO2. The van der Waals surface area contributed by atoms with Crippen molar-refractivity contribution in [3.63, 3.8) is 0 Å². The zero-order chi connectivity index (χ0) is 24.8. The van der Waals surface area contributed by atoms with Crippen LogP contribution in [0.5, 0.6) is 11.5 Å². The van der Waals surface area contributed by atoms with Gasteiger partial charge in [0.15, 0.2) is 5.82 Å². The van der Waals surface area contributed by atoms with Crippen LogP contribution in [0.15, 0.2) is 18.3 Å². The first-order chi connectivity index (χ1) is 16.0. The van der Waals surface area contributed by atoms with E-state index in [1.165, 1.54) is 0 Å². The number of rotatable bonds is 6. The number of aryl methyl sites for hydroxylation is 1. The van der Waals surface area contributed by atoms with Gasteiger partial charge < -0.3 is 18.6 Å². The summed E-state index contributed by atoms with van der Waals surface area (Å²) in [4.78, 5) is 9.61. The Balaban J connectivity index is 1.79. The Bertz CT molecular complexity index is 1180. The summed E-state index contributed by atoms with van der Waals surface area (Å²) in [6.45, 7) is 15.0. The molecule has 1 N–H and O–H groups in total. The highest BCUT2D eigenvalue weighted by molar-refractivity contribution is 7.90. The van der Waals surface area contributed by atoms with Crippen LogP contribution in [0, 0.1) is 6.92 Å². The van der Waals surface area contributed by atoms with Gasteiger partial charge in [0.25, 0.3) is 0 Å². The van der Waals surface area contributed by atoms with Gasteiger partial charge >= 0.3 is 0 Å². The van der Waals surface area contributed by atoms with E-state index in [2.05, 4.69) is 33.2 Å². The number of methoxy groups -OCH3 is 1. The van der Waals surface area contributed by atoms with E-state index in [0.717, 1.165) is 34.3 Å². The molecular weight excluding hydrogens is 452 g/mol. The zero-order valence-electron chi connectivity index (χ0n) is 21.2. The summed E-state index contributed by atoms with van der Waals surface area (Å²) in [5, 5.41) is 4.54. The Labute approximate surface area is 204 Å². The quantitative estimate of drug-likeness (QED) is 0.521. The Morgan fingerprint density at radius 3 is 2.56 bits per heavy atom. The second kappa shape index (κ2) is 9.24. The maximum absolute atomic E-state index is 12.7. The average Bonchev–Trinajstić information content (AvgIpc) is 3.32. The molecule has 1 aromatic carbocycles. The van der Waals surface area contributed by atoms with Crippen molar-refractivity contribution in [2.75, 3.05) is 13.7 Å². The number of ether oxygens (including phenoxy) is 2. The fourth-order valence-corrected chi connectivity index (χ4v) is 4.72. The molecule has 0 amide bonds. The molecule has 9 nitrogen and oxygen atoms in total. The molecule has 0 bridgehead atoms. The third-order valence-corrected chi connectivity index (χ3v) is 7.38. The molecule has 1 unspecified atom stereocenters. The summed E-state index contributed by atoms with van der Waals surface area (Å²) in [6, 6.07) is 3.88. The highest BCUT2D eigenvalue weighted by Gasteiger charge is 2.31. The zero-order valence-corrected chi connectivity index (χ0v) is 22.0. The standard InChI is InChI=1S/C24H34N6O3S/c1-14(2)30-23(25-16(4)27-30)19-13-29-9-10-33-21-12-20(32-8)17(11-18(21)22(29)26-19)15(3)28-34(31)24(5,6)7/h11-15,28H,9-10H2,1-8H3/t15-,34?/m0/s1. The molecule has 0 fully saturated rings. The molecule has 2 atom stereocenters. The maximum Gasteiger partial charge on any atom is 0.178 e. The molecule has 1 aliphatic heterocycles. The van der Waals surface area contributed by atoms with Crippen LogP contribution >= 0.6 is 0 Å². The molecule has 34 heavy (non-hydrogen) atoms. The van der Waals surface area contributed by atoms with Crippen molar-refractivity contribution >= 4 is 11.4 Å². The molecule has 10 heteroatoms. The number of imidazole rings is 1. The van der Waals surface area contributed by atoms with Crippen LogP contribution in [0.2, 0.25) is 0 Å². The Hall–Kier alpha value is -2.56. The summed E-state index contributed by atoms with van der Waals surface area (Å²) in [5.41, 5.74) is 2.53. The number of nitrogens with zero attached hydrogens (tertiary/aromatic N) is 5. The Morgan fingerprint density at radius 1 is 1.18 bits per heavy atom. The predicted molar refractivity (Wildman–Crippen MR) is 133 cm³/mol. The first-order valence-electron chi connectivity index (χ1n) is 11.5. The van der Waals surface area contributed by atoms with E-state index in [9.17, 15) is 4.55 Å². The van der Waals surface area contributed by atoms with Gasteiger partial charge in [-0.1, -0.05) is 0 Å². The summed E-state index contributed by atoms with van der Waals surface area (Å²) in [5.74, 6) is 3.66. The van der Waals surface area contributed by atoms with Gasteiger partial charge in [-0.15, -0.1) is 4.72 Å². The molecule has 3 heterocycles. The van der Waals surface area contributed by atoms with Crippen LogP contribution in [0.1, 0.15) is 65.0 Å². The first-order valence-corrected chi connectivity index (χ1v) is 12.7. The Morgan fingerprint density at radius 2 is 1.91 bits per heavy atom. The summed E-state index contributed by atoms with van der Waals surface area (Å²) in [7, 11) is 1.63. The van der Waals surface area contributed by atoms with E-state index in [0.29, 0.717) is 24.7 Å². The normalized spacial score (nSPS) is 15.4. The number of hydrogen-bond donors (Lipinski definition) is 1.